The van der Waals surface area contributed by atoms with Crippen LogP contribution in [0.5, 0.6) is 17.2 Å². The molecule has 23 heavy (non-hydrogen) atoms. The summed E-state index contributed by atoms with van der Waals surface area (Å²) in [4.78, 5) is 12.3. The number of ether oxygens (including phenoxy) is 3. The smallest absolute Gasteiger partial charge is 0.315 e. The van der Waals surface area contributed by atoms with Crippen molar-refractivity contribution in [2.24, 2.45) is 0 Å². The second-order valence-electron chi connectivity index (χ2n) is 4.86. The van der Waals surface area contributed by atoms with Crippen LogP contribution in [0.4, 0.5) is 0 Å². The van der Waals surface area contributed by atoms with Crippen molar-refractivity contribution in [2.45, 2.75) is 13.3 Å². The zero-order valence-corrected chi connectivity index (χ0v) is 15.3. The first-order valence-electron chi connectivity index (χ1n) is 6.81. The predicted molar refractivity (Wildman–Crippen MR) is 92.8 cm³/mol. The number of hydrogen-bond acceptors (Lipinski definition) is 4. The zero-order valence-electron chi connectivity index (χ0n) is 13.0. The number of benzene rings is 2. The Morgan fingerprint density at radius 1 is 1.17 bits per heavy atom. The fourth-order valence-corrected chi connectivity index (χ4v) is 3.15. The molecule has 0 unspecified atom stereocenters. The van der Waals surface area contributed by atoms with Gasteiger partial charge in [-0.1, -0.05) is 27.5 Å². The van der Waals surface area contributed by atoms with E-state index < -0.39 is 5.97 Å². The van der Waals surface area contributed by atoms with Gasteiger partial charge >= 0.3 is 5.97 Å². The van der Waals surface area contributed by atoms with E-state index in [2.05, 4.69) is 15.9 Å². The summed E-state index contributed by atoms with van der Waals surface area (Å²) in [5.74, 6) is 1.18. The third-order valence-electron chi connectivity index (χ3n) is 3.23. The Labute approximate surface area is 148 Å². The standard InChI is InChI=1S/C17H16BrClO4/c1-10-6-12(18)9-14(19)17(10)23-16(20)8-11-7-13(21-2)4-5-15(11)22-3/h4-7,9H,8H2,1-3H3. The van der Waals surface area contributed by atoms with Crippen LogP contribution >= 0.6 is 27.5 Å². The van der Waals surface area contributed by atoms with Crippen LogP contribution in [0.1, 0.15) is 11.1 Å². The van der Waals surface area contributed by atoms with Gasteiger partial charge in [0, 0.05) is 10.0 Å². The van der Waals surface area contributed by atoms with Crippen LogP contribution < -0.4 is 14.2 Å². The van der Waals surface area contributed by atoms with Crippen LogP contribution in [0.15, 0.2) is 34.8 Å². The van der Waals surface area contributed by atoms with E-state index in [1.165, 1.54) is 0 Å². The first-order chi connectivity index (χ1) is 10.9. The molecule has 0 saturated carbocycles. The minimum atomic E-state index is -0.427. The molecule has 0 aromatic heterocycles. The Hall–Kier alpha value is -1.72. The lowest BCUT2D eigenvalue weighted by Gasteiger charge is -2.12. The van der Waals surface area contributed by atoms with Gasteiger partial charge in [-0.15, -0.1) is 0 Å². The Bertz CT molecular complexity index is 708. The van der Waals surface area contributed by atoms with E-state index in [1.807, 2.05) is 13.0 Å². The van der Waals surface area contributed by atoms with E-state index in [4.69, 9.17) is 25.8 Å². The third-order valence-corrected chi connectivity index (χ3v) is 3.97. The van der Waals surface area contributed by atoms with E-state index in [0.717, 1.165) is 10.0 Å². The molecule has 0 radical (unpaired) electrons. The van der Waals surface area contributed by atoms with Crippen molar-refractivity contribution in [1.82, 2.24) is 0 Å². The second-order valence-corrected chi connectivity index (χ2v) is 6.19. The highest BCUT2D eigenvalue weighted by Crippen LogP contribution is 2.32. The lowest BCUT2D eigenvalue weighted by molar-refractivity contribution is -0.133. The highest BCUT2D eigenvalue weighted by molar-refractivity contribution is 9.10. The summed E-state index contributed by atoms with van der Waals surface area (Å²) in [5, 5.41) is 0.378. The largest absolute Gasteiger partial charge is 0.497 e. The number of aryl methyl sites for hydroxylation is 1. The van der Waals surface area contributed by atoms with Gasteiger partial charge < -0.3 is 14.2 Å². The van der Waals surface area contributed by atoms with Gasteiger partial charge in [0.1, 0.15) is 11.5 Å². The van der Waals surface area contributed by atoms with Crippen LogP contribution in [-0.2, 0) is 11.2 Å². The summed E-state index contributed by atoms with van der Waals surface area (Å²) in [6, 6.07) is 8.78. The lowest BCUT2D eigenvalue weighted by Crippen LogP contribution is -2.13. The van der Waals surface area contributed by atoms with Gasteiger partial charge in [-0.25, -0.2) is 0 Å². The van der Waals surface area contributed by atoms with E-state index >= 15 is 0 Å². The van der Waals surface area contributed by atoms with Crippen molar-refractivity contribution in [2.75, 3.05) is 14.2 Å². The number of esters is 1. The molecule has 4 nitrogen and oxygen atoms in total. The van der Waals surface area contributed by atoms with E-state index in [9.17, 15) is 4.79 Å². The molecule has 0 bridgehead atoms. The molecule has 2 aromatic carbocycles. The normalized spacial score (nSPS) is 10.3. The fraction of sp³-hybridized carbons (Fsp3) is 0.235. The zero-order chi connectivity index (χ0) is 17.0. The number of halogens is 2. The predicted octanol–water partition coefficient (Wildman–Crippen LogP) is 4.58. The van der Waals surface area contributed by atoms with Gasteiger partial charge in [0.2, 0.25) is 0 Å². The van der Waals surface area contributed by atoms with Gasteiger partial charge in [0.15, 0.2) is 5.75 Å². The van der Waals surface area contributed by atoms with E-state index in [1.54, 1.807) is 38.5 Å². The molecule has 0 aliphatic carbocycles. The summed E-state index contributed by atoms with van der Waals surface area (Å²) >= 11 is 9.48. The maximum absolute atomic E-state index is 12.3. The van der Waals surface area contributed by atoms with Crippen molar-refractivity contribution in [1.29, 1.82) is 0 Å². The molecule has 0 aliphatic heterocycles. The highest BCUT2D eigenvalue weighted by Gasteiger charge is 2.15. The summed E-state index contributed by atoms with van der Waals surface area (Å²) in [6.45, 7) is 1.82. The molecule has 6 heteroatoms. The van der Waals surface area contributed by atoms with Gasteiger partial charge in [-0.05, 0) is 42.8 Å². The molecule has 0 aliphatic rings. The van der Waals surface area contributed by atoms with Gasteiger partial charge in [-0.2, -0.15) is 0 Å². The second kappa shape index (κ2) is 7.70. The molecule has 2 aromatic rings. The van der Waals surface area contributed by atoms with Gasteiger partial charge in [0.05, 0.1) is 25.7 Å². The summed E-state index contributed by atoms with van der Waals surface area (Å²) in [5.41, 5.74) is 1.46. The molecule has 0 atom stereocenters. The maximum atomic E-state index is 12.3. The average molecular weight is 400 g/mol. The van der Waals surface area contributed by atoms with Crippen LogP contribution in [-0.4, -0.2) is 20.2 Å². The molecular formula is C17H16BrClO4. The van der Waals surface area contributed by atoms with E-state index in [0.29, 0.717) is 27.8 Å². The first-order valence-corrected chi connectivity index (χ1v) is 7.99. The fourth-order valence-electron chi connectivity index (χ4n) is 2.14. The molecule has 0 amide bonds. The Kier molecular flexibility index (Phi) is 5.91. The minimum Gasteiger partial charge on any atom is -0.497 e. The molecular weight excluding hydrogens is 384 g/mol. The molecule has 0 N–H and O–H groups in total. The van der Waals surface area contributed by atoms with Crippen molar-refractivity contribution in [3.05, 3.63) is 51.0 Å². The number of carbonyl (C=O) groups excluding carboxylic acids is 1. The molecule has 0 fully saturated rings. The number of methoxy groups -OCH3 is 2. The Balaban J connectivity index is 2.20. The van der Waals surface area contributed by atoms with Crippen molar-refractivity contribution in [3.8, 4) is 17.2 Å². The van der Waals surface area contributed by atoms with Crippen LogP contribution in [0.3, 0.4) is 0 Å². The topological polar surface area (TPSA) is 44.8 Å². The molecule has 122 valence electrons. The van der Waals surface area contributed by atoms with Crippen molar-refractivity contribution < 1.29 is 19.0 Å². The van der Waals surface area contributed by atoms with Crippen LogP contribution in [0.25, 0.3) is 0 Å². The van der Waals surface area contributed by atoms with Gasteiger partial charge in [-0.3, -0.25) is 4.79 Å². The summed E-state index contributed by atoms with van der Waals surface area (Å²) in [7, 11) is 3.11. The lowest BCUT2D eigenvalue weighted by atomic mass is 10.1. The first kappa shape index (κ1) is 17.6. The molecule has 2 rings (SSSR count). The monoisotopic (exact) mass is 398 g/mol. The Morgan fingerprint density at radius 2 is 1.91 bits per heavy atom. The third kappa shape index (κ3) is 4.39. The van der Waals surface area contributed by atoms with Crippen LogP contribution in [0, 0.1) is 6.92 Å². The minimum absolute atomic E-state index is 0.0478. The molecule has 0 spiro atoms. The van der Waals surface area contributed by atoms with E-state index in [-0.39, 0.29) is 6.42 Å². The molecule has 0 heterocycles. The quantitative estimate of drug-likeness (QED) is 0.545. The molecule has 0 saturated heterocycles. The number of rotatable bonds is 5. The van der Waals surface area contributed by atoms with Crippen molar-refractivity contribution in [3.63, 3.8) is 0 Å². The van der Waals surface area contributed by atoms with Crippen LogP contribution in [0.2, 0.25) is 5.02 Å². The maximum Gasteiger partial charge on any atom is 0.315 e. The number of hydrogen-bond donors (Lipinski definition) is 0. The highest BCUT2D eigenvalue weighted by atomic mass is 79.9. The van der Waals surface area contributed by atoms with Gasteiger partial charge in [0.25, 0.3) is 0 Å². The average Bonchev–Trinajstić information content (AvgIpc) is 2.50. The number of carbonyl (C=O) groups is 1. The summed E-state index contributed by atoms with van der Waals surface area (Å²) < 4.78 is 16.7. The summed E-state index contributed by atoms with van der Waals surface area (Å²) in [6.07, 6.45) is 0.0478. The Morgan fingerprint density at radius 3 is 2.52 bits per heavy atom. The van der Waals surface area contributed by atoms with Crippen molar-refractivity contribution >= 4 is 33.5 Å². The SMILES string of the molecule is COc1ccc(OC)c(CC(=O)Oc2c(C)cc(Br)cc2Cl)c1.